The number of nitrogens with zero attached hydrogens (tertiary/aromatic N) is 2. The number of hydrogen-bond acceptors (Lipinski definition) is 3. The van der Waals surface area contributed by atoms with Gasteiger partial charge in [-0.05, 0) is 46.1 Å². The first-order chi connectivity index (χ1) is 10.0. The standard InChI is InChI=1S/C16H28ClN3O/c1-5-18-13(11-16(21-4)8-7-9-16)10-14-15(17)12(3)19-20(14)6-2/h13,18H,5-11H2,1-4H3. The molecule has 2 rings (SSSR count). The first-order valence-corrected chi connectivity index (χ1v) is 8.43. The van der Waals surface area contributed by atoms with Gasteiger partial charge >= 0.3 is 0 Å². The molecule has 1 fully saturated rings. The molecule has 0 aliphatic heterocycles. The minimum absolute atomic E-state index is 0.0748. The number of likely N-dealkylation sites (N-methyl/N-ethyl adjacent to an activating group) is 1. The number of rotatable bonds is 8. The molecule has 1 aromatic rings. The fourth-order valence-corrected chi connectivity index (χ4v) is 3.53. The van der Waals surface area contributed by atoms with Crippen LogP contribution in [0, 0.1) is 6.92 Å². The van der Waals surface area contributed by atoms with Gasteiger partial charge in [-0.15, -0.1) is 0 Å². The summed E-state index contributed by atoms with van der Waals surface area (Å²) in [5.41, 5.74) is 2.15. The summed E-state index contributed by atoms with van der Waals surface area (Å²) >= 11 is 6.45. The molecular formula is C16H28ClN3O. The van der Waals surface area contributed by atoms with Crippen molar-refractivity contribution in [1.29, 1.82) is 0 Å². The Bertz CT molecular complexity index is 463. The third-order valence-electron chi connectivity index (χ3n) is 4.70. The number of hydrogen-bond donors (Lipinski definition) is 1. The van der Waals surface area contributed by atoms with E-state index in [9.17, 15) is 0 Å². The van der Waals surface area contributed by atoms with Gasteiger partial charge < -0.3 is 10.1 Å². The van der Waals surface area contributed by atoms with Gasteiger partial charge in [-0.3, -0.25) is 4.68 Å². The van der Waals surface area contributed by atoms with Crippen molar-refractivity contribution in [2.45, 2.75) is 71.1 Å². The molecule has 5 heteroatoms. The summed E-state index contributed by atoms with van der Waals surface area (Å²) in [4.78, 5) is 0. The molecule has 1 aliphatic carbocycles. The highest BCUT2D eigenvalue weighted by Gasteiger charge is 2.39. The van der Waals surface area contributed by atoms with Gasteiger partial charge in [0.2, 0.25) is 0 Å². The fraction of sp³-hybridized carbons (Fsp3) is 0.812. The second-order valence-corrected chi connectivity index (χ2v) is 6.44. The zero-order valence-electron chi connectivity index (χ0n) is 13.7. The highest BCUT2D eigenvalue weighted by atomic mass is 35.5. The summed E-state index contributed by atoms with van der Waals surface area (Å²) in [5.74, 6) is 0. The topological polar surface area (TPSA) is 39.1 Å². The molecule has 1 unspecified atom stereocenters. The van der Waals surface area contributed by atoms with Crippen LogP contribution in [0.25, 0.3) is 0 Å². The van der Waals surface area contributed by atoms with Crippen LogP contribution in [0.3, 0.4) is 0 Å². The van der Waals surface area contributed by atoms with Gasteiger partial charge in [-0.2, -0.15) is 5.10 Å². The second kappa shape index (κ2) is 7.12. The largest absolute Gasteiger partial charge is 0.378 e. The molecule has 0 bridgehead atoms. The highest BCUT2D eigenvalue weighted by Crippen LogP contribution is 2.39. The molecule has 0 spiro atoms. The average molecular weight is 314 g/mol. The van der Waals surface area contributed by atoms with Crippen LogP contribution in [-0.2, 0) is 17.7 Å². The molecule has 0 saturated heterocycles. The minimum Gasteiger partial charge on any atom is -0.378 e. The van der Waals surface area contributed by atoms with E-state index in [0.717, 1.165) is 42.3 Å². The number of methoxy groups -OCH3 is 1. The van der Waals surface area contributed by atoms with E-state index in [1.54, 1.807) is 0 Å². The molecule has 120 valence electrons. The summed E-state index contributed by atoms with van der Waals surface area (Å²) in [6, 6.07) is 0.383. The maximum Gasteiger partial charge on any atom is 0.0847 e. The monoisotopic (exact) mass is 313 g/mol. The van der Waals surface area contributed by atoms with Gasteiger partial charge in [0, 0.05) is 26.1 Å². The van der Waals surface area contributed by atoms with E-state index in [-0.39, 0.29) is 5.60 Å². The Balaban J connectivity index is 2.12. The van der Waals surface area contributed by atoms with E-state index >= 15 is 0 Å². The molecular weight excluding hydrogens is 286 g/mol. The van der Waals surface area contributed by atoms with Crippen molar-refractivity contribution < 1.29 is 4.74 Å². The molecule has 1 N–H and O–H groups in total. The summed E-state index contributed by atoms with van der Waals surface area (Å²) in [6.45, 7) is 8.05. The summed E-state index contributed by atoms with van der Waals surface area (Å²) in [5, 5.41) is 8.93. The summed E-state index contributed by atoms with van der Waals surface area (Å²) < 4.78 is 7.81. The van der Waals surface area contributed by atoms with Crippen LogP contribution in [0.4, 0.5) is 0 Å². The highest BCUT2D eigenvalue weighted by molar-refractivity contribution is 6.31. The van der Waals surface area contributed by atoms with Crippen molar-refractivity contribution in [2.24, 2.45) is 0 Å². The molecule has 0 amide bonds. The SMILES string of the molecule is CCNC(Cc1c(Cl)c(C)nn1CC)CC1(OC)CCC1. The molecule has 1 aliphatic rings. The normalized spacial score (nSPS) is 18.5. The summed E-state index contributed by atoms with van der Waals surface area (Å²) in [7, 11) is 1.84. The molecule has 1 heterocycles. The Morgan fingerprint density at radius 2 is 2.14 bits per heavy atom. The third kappa shape index (κ3) is 3.61. The quantitative estimate of drug-likeness (QED) is 0.800. The molecule has 0 aromatic carbocycles. The van der Waals surface area contributed by atoms with Gasteiger partial charge in [0.1, 0.15) is 0 Å². The lowest BCUT2D eigenvalue weighted by molar-refractivity contribution is -0.0834. The summed E-state index contributed by atoms with van der Waals surface area (Å²) in [6.07, 6.45) is 5.57. The molecule has 0 radical (unpaired) electrons. The Labute approximate surface area is 133 Å². The Morgan fingerprint density at radius 1 is 1.43 bits per heavy atom. The minimum atomic E-state index is 0.0748. The van der Waals surface area contributed by atoms with Crippen LogP contribution < -0.4 is 5.32 Å². The van der Waals surface area contributed by atoms with E-state index in [0.29, 0.717) is 6.04 Å². The zero-order valence-corrected chi connectivity index (χ0v) is 14.5. The van der Waals surface area contributed by atoms with Crippen LogP contribution in [0.15, 0.2) is 0 Å². The molecule has 1 atom stereocenters. The van der Waals surface area contributed by atoms with E-state index < -0.39 is 0 Å². The predicted molar refractivity (Wildman–Crippen MR) is 87.0 cm³/mol. The van der Waals surface area contributed by atoms with Crippen molar-refractivity contribution in [2.75, 3.05) is 13.7 Å². The average Bonchev–Trinajstić information content (AvgIpc) is 2.70. The van der Waals surface area contributed by atoms with Gasteiger partial charge in [-0.25, -0.2) is 0 Å². The van der Waals surface area contributed by atoms with Crippen molar-refractivity contribution in [1.82, 2.24) is 15.1 Å². The maximum absolute atomic E-state index is 6.45. The van der Waals surface area contributed by atoms with Crippen molar-refractivity contribution in [3.63, 3.8) is 0 Å². The van der Waals surface area contributed by atoms with Crippen LogP contribution >= 0.6 is 11.6 Å². The van der Waals surface area contributed by atoms with E-state index in [1.165, 1.54) is 19.3 Å². The third-order valence-corrected chi connectivity index (χ3v) is 5.19. The number of ether oxygens (including phenoxy) is 1. The van der Waals surface area contributed by atoms with Crippen molar-refractivity contribution in [3.05, 3.63) is 16.4 Å². The fourth-order valence-electron chi connectivity index (χ4n) is 3.31. The Hall–Kier alpha value is -0.580. The van der Waals surface area contributed by atoms with Crippen LogP contribution in [0.2, 0.25) is 5.02 Å². The first kappa shape index (κ1) is 16.8. The van der Waals surface area contributed by atoms with Crippen LogP contribution in [0.5, 0.6) is 0 Å². The second-order valence-electron chi connectivity index (χ2n) is 6.07. The predicted octanol–water partition coefficient (Wildman–Crippen LogP) is 3.34. The van der Waals surface area contributed by atoms with Gasteiger partial charge in [0.15, 0.2) is 0 Å². The van der Waals surface area contributed by atoms with Crippen LogP contribution in [0.1, 0.15) is 50.9 Å². The van der Waals surface area contributed by atoms with Crippen molar-refractivity contribution in [3.8, 4) is 0 Å². The Kier molecular flexibility index (Phi) is 5.69. The number of aryl methyl sites for hydroxylation is 2. The molecule has 4 nitrogen and oxygen atoms in total. The van der Waals surface area contributed by atoms with Crippen LogP contribution in [-0.4, -0.2) is 35.1 Å². The number of halogens is 1. The number of nitrogens with one attached hydrogen (secondary N) is 1. The van der Waals surface area contributed by atoms with Gasteiger partial charge in [-0.1, -0.05) is 18.5 Å². The van der Waals surface area contributed by atoms with Gasteiger partial charge in [0.05, 0.1) is 22.0 Å². The first-order valence-electron chi connectivity index (χ1n) is 8.05. The lowest BCUT2D eigenvalue weighted by Crippen LogP contribution is -2.46. The van der Waals surface area contributed by atoms with E-state index in [4.69, 9.17) is 16.3 Å². The Morgan fingerprint density at radius 3 is 2.62 bits per heavy atom. The number of aromatic nitrogens is 2. The smallest absolute Gasteiger partial charge is 0.0847 e. The van der Waals surface area contributed by atoms with Gasteiger partial charge in [0.25, 0.3) is 0 Å². The van der Waals surface area contributed by atoms with Crippen molar-refractivity contribution >= 4 is 11.6 Å². The van der Waals surface area contributed by atoms with E-state index in [2.05, 4.69) is 24.3 Å². The lowest BCUT2D eigenvalue weighted by atomic mass is 9.75. The molecule has 1 saturated carbocycles. The van der Waals surface area contributed by atoms with E-state index in [1.807, 2.05) is 18.7 Å². The molecule has 21 heavy (non-hydrogen) atoms. The molecule has 1 aromatic heterocycles. The maximum atomic E-state index is 6.45. The lowest BCUT2D eigenvalue weighted by Gasteiger charge is -2.43. The zero-order chi connectivity index (χ0) is 15.5.